The molecule has 2 N–H and O–H groups in total. The van der Waals surface area contributed by atoms with E-state index in [9.17, 15) is 13.2 Å². The summed E-state index contributed by atoms with van der Waals surface area (Å²) in [5.74, 6) is -0.290. The fourth-order valence-electron chi connectivity index (χ4n) is 1.66. The summed E-state index contributed by atoms with van der Waals surface area (Å²) in [5, 5.41) is 2.73. The van der Waals surface area contributed by atoms with Crippen LogP contribution in [-0.4, -0.2) is 40.6 Å². The van der Waals surface area contributed by atoms with Crippen LogP contribution in [0.15, 0.2) is 29.2 Å². The molecule has 1 aromatic rings. The predicted octanol–water partition coefficient (Wildman–Crippen LogP) is 1.14. The van der Waals surface area contributed by atoms with Crippen molar-refractivity contribution in [3.63, 3.8) is 0 Å². The molecular weight excluding hydrogens is 292 g/mol. The van der Waals surface area contributed by atoms with Crippen LogP contribution in [0.2, 0.25) is 0 Å². The highest BCUT2D eigenvalue weighted by atomic mass is 32.2. The van der Waals surface area contributed by atoms with Crippen molar-refractivity contribution in [3.8, 4) is 0 Å². The average molecular weight is 314 g/mol. The van der Waals surface area contributed by atoms with E-state index >= 15 is 0 Å². The van der Waals surface area contributed by atoms with Gasteiger partial charge < -0.3 is 10.1 Å². The number of hydrogen-bond acceptors (Lipinski definition) is 4. The largest absolute Gasteiger partial charge is 0.385 e. The van der Waals surface area contributed by atoms with Gasteiger partial charge in [-0.2, -0.15) is 0 Å². The maximum atomic E-state index is 12.1. The van der Waals surface area contributed by atoms with Crippen molar-refractivity contribution in [2.45, 2.75) is 31.2 Å². The molecule has 0 heterocycles. The molecule has 0 saturated heterocycles. The molecule has 0 unspecified atom stereocenters. The van der Waals surface area contributed by atoms with E-state index in [-0.39, 0.29) is 16.8 Å². The molecule has 1 rings (SSSR count). The van der Waals surface area contributed by atoms with Gasteiger partial charge in [-0.15, -0.1) is 0 Å². The molecule has 0 aliphatic rings. The molecule has 1 amide bonds. The van der Waals surface area contributed by atoms with Gasteiger partial charge in [-0.3, -0.25) is 4.79 Å². The molecule has 1 aromatic carbocycles. The first kappa shape index (κ1) is 17.6. The highest BCUT2D eigenvalue weighted by Crippen LogP contribution is 2.11. The van der Waals surface area contributed by atoms with Gasteiger partial charge >= 0.3 is 0 Å². The Bertz CT molecular complexity index is 570. The first-order valence-electron chi connectivity index (χ1n) is 6.76. The Morgan fingerprint density at radius 2 is 2.05 bits per heavy atom. The van der Waals surface area contributed by atoms with E-state index in [2.05, 4.69) is 10.0 Å². The maximum Gasteiger partial charge on any atom is 0.251 e. The Labute approximate surface area is 125 Å². The average Bonchev–Trinajstić information content (AvgIpc) is 2.43. The fraction of sp³-hybridized carbons (Fsp3) is 0.500. The van der Waals surface area contributed by atoms with E-state index in [4.69, 9.17) is 4.74 Å². The zero-order chi connectivity index (χ0) is 15.9. The smallest absolute Gasteiger partial charge is 0.251 e. The molecule has 0 bridgehead atoms. The van der Waals surface area contributed by atoms with Crippen LogP contribution in [-0.2, 0) is 14.8 Å². The SMILES string of the molecule is COCCCNS(=O)(=O)c1cccc(C(=O)NC(C)C)c1. The van der Waals surface area contributed by atoms with E-state index in [1.165, 1.54) is 12.1 Å². The van der Waals surface area contributed by atoms with Crippen LogP contribution in [0.25, 0.3) is 0 Å². The second kappa shape index (κ2) is 8.11. The molecule has 0 spiro atoms. The molecule has 7 heteroatoms. The molecule has 0 fully saturated rings. The topological polar surface area (TPSA) is 84.5 Å². The third-order valence-electron chi connectivity index (χ3n) is 2.64. The van der Waals surface area contributed by atoms with Crippen molar-refractivity contribution >= 4 is 15.9 Å². The van der Waals surface area contributed by atoms with Crippen molar-refractivity contribution in [2.24, 2.45) is 0 Å². The van der Waals surface area contributed by atoms with Gasteiger partial charge in [0.25, 0.3) is 5.91 Å². The lowest BCUT2D eigenvalue weighted by molar-refractivity contribution is 0.0943. The summed E-state index contributed by atoms with van der Waals surface area (Å²) in [4.78, 5) is 12.0. The maximum absolute atomic E-state index is 12.1. The first-order valence-corrected chi connectivity index (χ1v) is 8.24. The number of nitrogens with one attached hydrogen (secondary N) is 2. The standard InChI is InChI=1S/C14H22N2O4S/c1-11(2)16-14(17)12-6-4-7-13(10-12)21(18,19)15-8-5-9-20-3/h4,6-7,10-11,15H,5,8-9H2,1-3H3,(H,16,17). The molecule has 0 aliphatic heterocycles. The van der Waals surface area contributed by atoms with Gasteiger partial charge in [0.15, 0.2) is 0 Å². The van der Waals surface area contributed by atoms with Crippen LogP contribution < -0.4 is 10.0 Å². The van der Waals surface area contributed by atoms with Gasteiger partial charge in [0.05, 0.1) is 4.90 Å². The summed E-state index contributed by atoms with van der Waals surface area (Å²) in [6, 6.07) is 5.96. The second-order valence-corrected chi connectivity index (χ2v) is 6.67. The number of sulfonamides is 1. The van der Waals surface area contributed by atoms with E-state index in [0.29, 0.717) is 25.1 Å². The fourth-order valence-corrected chi connectivity index (χ4v) is 2.78. The number of amides is 1. The van der Waals surface area contributed by atoms with Crippen LogP contribution in [0.5, 0.6) is 0 Å². The lowest BCUT2D eigenvalue weighted by atomic mass is 10.2. The summed E-state index contributed by atoms with van der Waals surface area (Å²) in [6.45, 7) is 4.46. The molecule has 0 aliphatic carbocycles. The van der Waals surface area contributed by atoms with Gasteiger partial charge in [0, 0.05) is 31.9 Å². The minimum atomic E-state index is -3.61. The molecule has 0 saturated carbocycles. The minimum absolute atomic E-state index is 0.00932. The van der Waals surface area contributed by atoms with E-state index in [0.717, 1.165) is 0 Å². The molecule has 118 valence electrons. The Morgan fingerprint density at radius 3 is 2.67 bits per heavy atom. The summed E-state index contributed by atoms with van der Waals surface area (Å²) in [6.07, 6.45) is 0.587. The van der Waals surface area contributed by atoms with Crippen LogP contribution in [0.1, 0.15) is 30.6 Å². The zero-order valence-corrected chi connectivity index (χ0v) is 13.4. The molecule has 0 atom stereocenters. The van der Waals surface area contributed by atoms with Crippen molar-refractivity contribution in [1.29, 1.82) is 0 Å². The van der Waals surface area contributed by atoms with Crippen molar-refractivity contribution in [2.75, 3.05) is 20.3 Å². The van der Waals surface area contributed by atoms with Crippen LogP contribution in [0.3, 0.4) is 0 Å². The molecule has 0 radical (unpaired) electrons. The number of carbonyl (C=O) groups is 1. The van der Waals surface area contributed by atoms with Gasteiger partial charge in [-0.25, -0.2) is 13.1 Å². The number of benzene rings is 1. The Hall–Kier alpha value is -1.44. The second-order valence-electron chi connectivity index (χ2n) is 4.90. The number of ether oxygens (including phenoxy) is 1. The highest BCUT2D eigenvalue weighted by molar-refractivity contribution is 7.89. The normalized spacial score (nSPS) is 11.6. The van der Waals surface area contributed by atoms with Gasteiger partial charge in [0.1, 0.15) is 0 Å². The number of methoxy groups -OCH3 is 1. The summed E-state index contributed by atoms with van der Waals surface area (Å²) < 4.78 is 31.6. The number of hydrogen-bond donors (Lipinski definition) is 2. The number of rotatable bonds is 8. The van der Waals surface area contributed by atoms with Crippen molar-refractivity contribution in [1.82, 2.24) is 10.0 Å². The summed E-state index contributed by atoms with van der Waals surface area (Å²) >= 11 is 0. The van der Waals surface area contributed by atoms with E-state index < -0.39 is 10.0 Å². The highest BCUT2D eigenvalue weighted by Gasteiger charge is 2.16. The molecule has 21 heavy (non-hydrogen) atoms. The van der Waals surface area contributed by atoms with Crippen LogP contribution >= 0.6 is 0 Å². The van der Waals surface area contributed by atoms with Crippen molar-refractivity contribution < 1.29 is 17.9 Å². The monoisotopic (exact) mass is 314 g/mol. The minimum Gasteiger partial charge on any atom is -0.385 e. The van der Waals surface area contributed by atoms with Gasteiger partial charge in [0.2, 0.25) is 10.0 Å². The van der Waals surface area contributed by atoms with Crippen LogP contribution in [0, 0.1) is 0 Å². The predicted molar refractivity (Wildman–Crippen MR) is 80.7 cm³/mol. The first-order chi connectivity index (χ1) is 9.86. The molecule has 0 aromatic heterocycles. The quantitative estimate of drug-likeness (QED) is 0.705. The third-order valence-corrected chi connectivity index (χ3v) is 4.10. The Morgan fingerprint density at radius 1 is 1.33 bits per heavy atom. The molecular formula is C14H22N2O4S. The molecule has 6 nitrogen and oxygen atoms in total. The lowest BCUT2D eigenvalue weighted by Crippen LogP contribution is -2.30. The van der Waals surface area contributed by atoms with E-state index in [1.54, 1.807) is 19.2 Å². The number of carbonyl (C=O) groups excluding carboxylic acids is 1. The van der Waals surface area contributed by atoms with Gasteiger partial charge in [-0.1, -0.05) is 6.07 Å². The van der Waals surface area contributed by atoms with E-state index in [1.807, 2.05) is 13.8 Å². The summed E-state index contributed by atoms with van der Waals surface area (Å²) in [5.41, 5.74) is 0.323. The van der Waals surface area contributed by atoms with Crippen molar-refractivity contribution in [3.05, 3.63) is 29.8 Å². The Balaban J connectivity index is 2.81. The van der Waals surface area contributed by atoms with Gasteiger partial charge in [-0.05, 0) is 38.5 Å². The summed E-state index contributed by atoms with van der Waals surface area (Å²) in [7, 11) is -2.05. The Kier molecular flexibility index (Phi) is 6.80. The third kappa shape index (κ3) is 5.82. The zero-order valence-electron chi connectivity index (χ0n) is 12.5. The lowest BCUT2D eigenvalue weighted by Gasteiger charge is -2.10. The van der Waals surface area contributed by atoms with Crippen LogP contribution in [0.4, 0.5) is 0 Å².